The largest absolute Gasteiger partial charge is 0.511 e. The van der Waals surface area contributed by atoms with Crippen LogP contribution in [0.3, 0.4) is 0 Å². The summed E-state index contributed by atoms with van der Waals surface area (Å²) in [6.45, 7) is 0. The van der Waals surface area contributed by atoms with E-state index < -0.39 is 52.7 Å². The summed E-state index contributed by atoms with van der Waals surface area (Å²) in [5.74, 6) is -5.40. The Morgan fingerprint density at radius 1 is 1.03 bits per heavy atom. The number of ketones is 2. The predicted octanol–water partition coefficient (Wildman–Crippen LogP) is 2.69. The number of rotatable bonds is 3. The number of aliphatic hydroxyl groups is 2. The minimum atomic E-state index is -1.16. The van der Waals surface area contributed by atoms with E-state index in [0.717, 1.165) is 5.56 Å². The van der Waals surface area contributed by atoms with Crippen molar-refractivity contribution in [3.05, 3.63) is 64.4 Å². The number of amides is 2. The average molecular weight is 504 g/mol. The van der Waals surface area contributed by atoms with Gasteiger partial charge in [-0.15, -0.1) is 0 Å². The number of primary amides is 1. The molecule has 10 nitrogen and oxygen atoms in total. The standard InChI is InChI=1S/C27H24N2O8/c1-29-27(36)37-14-4-2-11(3-5-14)15-6-7-17(30)21-16(15)9-12-8-13-10-18(31)22(26(28)35)25(34)20(13)23(32)19(12)24(21)33/h2-7,12-13,20,30,33-34H,8-10H2,1H3,(H2,28,35)(H,29,36). The molecule has 1 fully saturated rings. The molecule has 3 atom stereocenters. The Bertz CT molecular complexity index is 1440. The molecule has 5 rings (SSSR count). The van der Waals surface area contributed by atoms with Crippen LogP contribution in [0.2, 0.25) is 0 Å². The lowest BCUT2D eigenvalue weighted by Gasteiger charge is -2.41. The molecule has 1 saturated carbocycles. The van der Waals surface area contributed by atoms with Gasteiger partial charge in [0.05, 0.1) is 11.5 Å². The first-order valence-corrected chi connectivity index (χ1v) is 11.7. The Morgan fingerprint density at radius 2 is 1.73 bits per heavy atom. The van der Waals surface area contributed by atoms with Crippen molar-refractivity contribution in [3.8, 4) is 22.6 Å². The first kappa shape index (κ1) is 24.1. The second-order valence-corrected chi connectivity index (χ2v) is 9.40. The molecule has 2 amide bonds. The molecule has 0 bridgehead atoms. The molecule has 37 heavy (non-hydrogen) atoms. The smallest absolute Gasteiger partial charge is 0.412 e. The zero-order valence-corrected chi connectivity index (χ0v) is 19.8. The van der Waals surface area contributed by atoms with Gasteiger partial charge < -0.3 is 31.1 Å². The highest BCUT2D eigenvalue weighted by atomic mass is 16.5. The maximum absolute atomic E-state index is 13.5. The number of phenols is 1. The summed E-state index contributed by atoms with van der Waals surface area (Å²) in [6.07, 6.45) is -0.116. The second-order valence-electron chi connectivity index (χ2n) is 9.40. The molecule has 0 aromatic heterocycles. The van der Waals surface area contributed by atoms with Crippen LogP contribution in [0.4, 0.5) is 4.79 Å². The SMILES string of the molecule is CNC(=O)Oc1ccc(-c2ccc(O)c3c2CC2CC4CC(=O)C(C(N)=O)=C(O)C4C(=O)C2=C3O)cc1. The monoisotopic (exact) mass is 504 g/mol. The van der Waals surface area contributed by atoms with E-state index in [9.17, 15) is 34.5 Å². The summed E-state index contributed by atoms with van der Waals surface area (Å²) >= 11 is 0. The Hall–Kier alpha value is -4.60. The Morgan fingerprint density at radius 3 is 2.38 bits per heavy atom. The lowest BCUT2D eigenvalue weighted by molar-refractivity contribution is -0.127. The van der Waals surface area contributed by atoms with E-state index in [1.165, 1.54) is 13.1 Å². The number of hydrogen-bond acceptors (Lipinski definition) is 8. The lowest BCUT2D eigenvalue weighted by atomic mass is 9.61. The minimum Gasteiger partial charge on any atom is -0.511 e. The van der Waals surface area contributed by atoms with Crippen LogP contribution in [-0.2, 0) is 20.8 Å². The van der Waals surface area contributed by atoms with Crippen molar-refractivity contribution in [1.29, 1.82) is 0 Å². The van der Waals surface area contributed by atoms with E-state index in [1.54, 1.807) is 30.3 Å². The van der Waals surface area contributed by atoms with Gasteiger partial charge in [-0.1, -0.05) is 18.2 Å². The number of aromatic hydroxyl groups is 1. The molecule has 3 aliphatic rings. The number of aliphatic hydroxyl groups excluding tert-OH is 2. The van der Waals surface area contributed by atoms with Gasteiger partial charge >= 0.3 is 6.09 Å². The maximum atomic E-state index is 13.5. The number of fused-ring (bicyclic) bond motifs is 3. The molecular weight excluding hydrogens is 480 g/mol. The van der Waals surface area contributed by atoms with Crippen LogP contribution in [0.1, 0.15) is 24.0 Å². The first-order chi connectivity index (χ1) is 17.6. The molecule has 3 aliphatic carbocycles. The molecular formula is C27H24N2O8. The Labute approximate surface area is 211 Å². The summed E-state index contributed by atoms with van der Waals surface area (Å²) in [6, 6.07) is 9.81. The number of phenolic OH excluding ortho intramolecular Hbond substituents is 1. The van der Waals surface area contributed by atoms with Crippen LogP contribution in [0.25, 0.3) is 16.9 Å². The summed E-state index contributed by atoms with van der Waals surface area (Å²) in [7, 11) is 1.45. The fourth-order valence-corrected chi connectivity index (χ4v) is 5.77. The highest BCUT2D eigenvalue weighted by molar-refractivity contribution is 6.21. The fourth-order valence-electron chi connectivity index (χ4n) is 5.77. The summed E-state index contributed by atoms with van der Waals surface area (Å²) in [5, 5.41) is 34.9. The quantitative estimate of drug-likeness (QED) is 0.396. The van der Waals surface area contributed by atoms with Crippen LogP contribution in [0.5, 0.6) is 11.5 Å². The molecule has 2 aromatic rings. The zero-order chi connectivity index (χ0) is 26.6. The van der Waals surface area contributed by atoms with Crippen molar-refractivity contribution in [2.45, 2.75) is 19.3 Å². The normalized spacial score (nSPS) is 22.7. The minimum absolute atomic E-state index is 0.0558. The topological polar surface area (TPSA) is 176 Å². The molecule has 0 radical (unpaired) electrons. The number of ether oxygens (including phenoxy) is 1. The van der Waals surface area contributed by atoms with Gasteiger partial charge in [-0.3, -0.25) is 14.4 Å². The van der Waals surface area contributed by atoms with Crippen LogP contribution in [-0.4, -0.2) is 45.9 Å². The number of nitrogens with one attached hydrogen (secondary N) is 1. The van der Waals surface area contributed by atoms with Gasteiger partial charge in [-0.25, -0.2) is 4.79 Å². The van der Waals surface area contributed by atoms with Gasteiger partial charge in [0.2, 0.25) is 0 Å². The van der Waals surface area contributed by atoms with Crippen molar-refractivity contribution >= 4 is 29.3 Å². The molecule has 6 N–H and O–H groups in total. The van der Waals surface area contributed by atoms with Gasteiger partial charge in [0, 0.05) is 19.0 Å². The summed E-state index contributed by atoms with van der Waals surface area (Å²) < 4.78 is 5.12. The number of hydrogen-bond donors (Lipinski definition) is 5. The van der Waals surface area contributed by atoms with Crippen LogP contribution < -0.4 is 15.8 Å². The van der Waals surface area contributed by atoms with Gasteiger partial charge in [-0.05, 0) is 59.6 Å². The van der Waals surface area contributed by atoms with Gasteiger partial charge in [-0.2, -0.15) is 0 Å². The van der Waals surface area contributed by atoms with Crippen molar-refractivity contribution in [2.75, 3.05) is 7.05 Å². The second kappa shape index (κ2) is 8.81. The third-order valence-electron chi connectivity index (χ3n) is 7.35. The Kier molecular flexibility index (Phi) is 5.74. The van der Waals surface area contributed by atoms with Gasteiger partial charge in [0.15, 0.2) is 11.6 Å². The van der Waals surface area contributed by atoms with Crippen LogP contribution in [0.15, 0.2) is 53.3 Å². The first-order valence-electron chi connectivity index (χ1n) is 11.7. The fraction of sp³-hybridized carbons (Fsp3) is 0.259. The molecule has 2 aromatic carbocycles. The van der Waals surface area contributed by atoms with E-state index in [4.69, 9.17) is 10.5 Å². The molecule has 10 heteroatoms. The van der Waals surface area contributed by atoms with Crippen LogP contribution >= 0.6 is 0 Å². The molecule has 0 heterocycles. The zero-order valence-electron chi connectivity index (χ0n) is 19.8. The third-order valence-corrected chi connectivity index (χ3v) is 7.35. The Balaban J connectivity index is 1.58. The summed E-state index contributed by atoms with van der Waals surface area (Å²) in [5.41, 5.74) is 6.92. The lowest BCUT2D eigenvalue weighted by Crippen LogP contribution is -2.44. The number of allylic oxidation sites excluding steroid dienone is 2. The van der Waals surface area contributed by atoms with E-state index in [1.807, 2.05) is 0 Å². The molecule has 190 valence electrons. The van der Waals surface area contributed by atoms with Crippen LogP contribution in [0, 0.1) is 17.8 Å². The molecule has 0 saturated heterocycles. The summed E-state index contributed by atoms with van der Waals surface area (Å²) in [4.78, 5) is 49.2. The van der Waals surface area contributed by atoms with Crippen molar-refractivity contribution in [2.24, 2.45) is 23.5 Å². The number of benzene rings is 2. The van der Waals surface area contributed by atoms with E-state index in [2.05, 4.69) is 5.32 Å². The predicted molar refractivity (Wildman–Crippen MR) is 130 cm³/mol. The number of Topliss-reactive ketones (excluding diaryl/α,β-unsaturated/α-hetero) is 2. The number of carbonyl (C=O) groups excluding carboxylic acids is 4. The van der Waals surface area contributed by atoms with E-state index in [0.29, 0.717) is 29.7 Å². The van der Waals surface area contributed by atoms with Gasteiger partial charge in [0.25, 0.3) is 5.91 Å². The molecule has 0 aliphatic heterocycles. The van der Waals surface area contributed by atoms with Crippen molar-refractivity contribution in [3.63, 3.8) is 0 Å². The van der Waals surface area contributed by atoms with Crippen molar-refractivity contribution in [1.82, 2.24) is 5.32 Å². The van der Waals surface area contributed by atoms with Gasteiger partial charge in [0.1, 0.15) is 28.6 Å². The third kappa shape index (κ3) is 3.81. The highest BCUT2D eigenvalue weighted by Crippen LogP contribution is 2.51. The van der Waals surface area contributed by atoms with E-state index in [-0.39, 0.29) is 29.1 Å². The van der Waals surface area contributed by atoms with E-state index >= 15 is 0 Å². The highest BCUT2D eigenvalue weighted by Gasteiger charge is 2.51. The average Bonchev–Trinajstić information content (AvgIpc) is 2.84. The molecule has 0 spiro atoms. The van der Waals surface area contributed by atoms with Crippen molar-refractivity contribution < 1.29 is 39.2 Å². The number of carbonyl (C=O) groups is 4. The molecule has 3 unspecified atom stereocenters. The number of nitrogens with two attached hydrogens (primary N) is 1. The maximum Gasteiger partial charge on any atom is 0.412 e.